The van der Waals surface area contributed by atoms with Gasteiger partial charge in [0.15, 0.2) is 0 Å². The summed E-state index contributed by atoms with van der Waals surface area (Å²) >= 11 is 0. The van der Waals surface area contributed by atoms with E-state index < -0.39 is 0 Å². The lowest BCUT2D eigenvalue weighted by atomic mass is 10.2. The average Bonchev–Trinajstić information content (AvgIpc) is 2.47. The summed E-state index contributed by atoms with van der Waals surface area (Å²) in [5.74, 6) is 0.136. The number of ether oxygens (including phenoxy) is 1. The first kappa shape index (κ1) is 20.2. The minimum absolute atomic E-state index is 0.0533. The molecule has 0 bridgehead atoms. The lowest BCUT2D eigenvalue weighted by Crippen LogP contribution is -2.25. The van der Waals surface area contributed by atoms with Crippen molar-refractivity contribution in [1.29, 1.82) is 0 Å². The van der Waals surface area contributed by atoms with E-state index in [1.807, 2.05) is 18.2 Å². The summed E-state index contributed by atoms with van der Waals surface area (Å²) < 4.78 is 4.79. The maximum atomic E-state index is 11.4. The molecule has 0 aliphatic rings. The Morgan fingerprint density at radius 3 is 2.36 bits per heavy atom. The lowest BCUT2D eigenvalue weighted by Gasteiger charge is -2.03. The van der Waals surface area contributed by atoms with Gasteiger partial charge in [-0.05, 0) is 38.5 Å². The van der Waals surface area contributed by atoms with Gasteiger partial charge in [-0.25, -0.2) is 4.79 Å². The third kappa shape index (κ3) is 14.6. The Balaban J connectivity index is 3.58. The van der Waals surface area contributed by atoms with Gasteiger partial charge in [0.25, 0.3) is 0 Å². The fourth-order valence-electron chi connectivity index (χ4n) is 1.58. The van der Waals surface area contributed by atoms with E-state index in [0.29, 0.717) is 19.1 Å². The normalized spacial score (nSPS) is 11.8. The van der Waals surface area contributed by atoms with Crippen LogP contribution in [0.1, 0.15) is 46.5 Å². The number of esters is 1. The maximum absolute atomic E-state index is 11.4. The molecule has 4 nitrogen and oxygen atoms in total. The molecule has 0 aromatic heterocycles. The van der Waals surface area contributed by atoms with Gasteiger partial charge in [0.05, 0.1) is 6.61 Å². The molecule has 0 fully saturated rings. The second-order valence-electron chi connectivity index (χ2n) is 5.37. The molecule has 1 amide bonds. The molecule has 0 aromatic rings. The van der Waals surface area contributed by atoms with Crippen molar-refractivity contribution in [3.8, 4) is 0 Å². The van der Waals surface area contributed by atoms with E-state index in [0.717, 1.165) is 25.7 Å². The number of rotatable bonds is 11. The standard InChI is InChI=1S/C18H29NO3/c1-4-22-18(21)14-12-10-8-6-5-7-9-11-13-17(20)19-15-16(2)3/h7,9,11-14,16H,4-6,8,10,15H2,1-3H3,(H,19,20)/b9-7+,13-11+,14-12+. The number of hydrogen-bond donors (Lipinski definition) is 1. The van der Waals surface area contributed by atoms with Crippen molar-refractivity contribution in [2.75, 3.05) is 13.2 Å². The largest absolute Gasteiger partial charge is 0.463 e. The summed E-state index contributed by atoms with van der Waals surface area (Å²) in [6.45, 7) is 7.03. The van der Waals surface area contributed by atoms with E-state index in [-0.39, 0.29) is 11.9 Å². The van der Waals surface area contributed by atoms with E-state index in [1.54, 1.807) is 19.1 Å². The van der Waals surface area contributed by atoms with E-state index in [9.17, 15) is 9.59 Å². The number of unbranched alkanes of at least 4 members (excludes halogenated alkanes) is 3. The lowest BCUT2D eigenvalue weighted by molar-refractivity contribution is -0.137. The van der Waals surface area contributed by atoms with Crippen LogP contribution in [0.2, 0.25) is 0 Å². The van der Waals surface area contributed by atoms with Crippen LogP contribution in [0.15, 0.2) is 36.5 Å². The first-order valence-corrected chi connectivity index (χ1v) is 8.00. The number of allylic oxidation sites excluding steroid dienone is 4. The summed E-state index contributed by atoms with van der Waals surface area (Å²) in [6, 6.07) is 0. The smallest absolute Gasteiger partial charge is 0.330 e. The van der Waals surface area contributed by atoms with Gasteiger partial charge in [-0.2, -0.15) is 0 Å². The minimum atomic E-state index is -0.275. The number of carbonyl (C=O) groups is 2. The molecule has 0 rings (SSSR count). The molecule has 0 aliphatic carbocycles. The molecular weight excluding hydrogens is 278 g/mol. The van der Waals surface area contributed by atoms with Crippen LogP contribution in [0, 0.1) is 5.92 Å². The summed E-state index contributed by atoms with van der Waals surface area (Å²) in [5, 5.41) is 2.82. The molecule has 0 aliphatic heterocycles. The highest BCUT2D eigenvalue weighted by Crippen LogP contribution is 2.02. The predicted octanol–water partition coefficient (Wildman–Crippen LogP) is 3.55. The molecule has 0 radical (unpaired) electrons. The molecule has 0 atom stereocenters. The van der Waals surface area contributed by atoms with Crippen molar-refractivity contribution < 1.29 is 14.3 Å². The molecular formula is C18H29NO3. The Labute approximate surface area is 134 Å². The zero-order valence-electron chi connectivity index (χ0n) is 14.0. The molecule has 0 aromatic carbocycles. The first-order chi connectivity index (χ1) is 10.6. The Morgan fingerprint density at radius 2 is 1.73 bits per heavy atom. The highest BCUT2D eigenvalue weighted by molar-refractivity contribution is 5.87. The van der Waals surface area contributed by atoms with Crippen molar-refractivity contribution in [3.63, 3.8) is 0 Å². The number of carbonyl (C=O) groups excluding carboxylic acids is 2. The Bertz CT molecular complexity index is 395. The van der Waals surface area contributed by atoms with Crippen LogP contribution in [0.5, 0.6) is 0 Å². The third-order valence-electron chi connectivity index (χ3n) is 2.71. The van der Waals surface area contributed by atoms with Crippen LogP contribution in [-0.2, 0) is 14.3 Å². The number of nitrogens with one attached hydrogen (secondary N) is 1. The number of amides is 1. The van der Waals surface area contributed by atoms with Crippen molar-refractivity contribution >= 4 is 11.9 Å². The molecule has 0 spiro atoms. The second kappa shape index (κ2) is 14.1. The number of hydrogen-bond acceptors (Lipinski definition) is 3. The van der Waals surface area contributed by atoms with E-state index in [4.69, 9.17) is 4.74 Å². The molecule has 0 saturated heterocycles. The van der Waals surface area contributed by atoms with Gasteiger partial charge in [0.1, 0.15) is 0 Å². The summed E-state index contributed by atoms with van der Waals surface area (Å²) in [6.07, 6.45) is 14.5. The second-order valence-corrected chi connectivity index (χ2v) is 5.37. The van der Waals surface area contributed by atoms with Gasteiger partial charge >= 0.3 is 5.97 Å². The van der Waals surface area contributed by atoms with E-state index in [2.05, 4.69) is 19.2 Å². The quantitative estimate of drug-likeness (QED) is 0.275. The fourth-order valence-corrected chi connectivity index (χ4v) is 1.58. The van der Waals surface area contributed by atoms with E-state index >= 15 is 0 Å². The molecule has 0 unspecified atom stereocenters. The average molecular weight is 307 g/mol. The van der Waals surface area contributed by atoms with E-state index in [1.165, 1.54) is 6.08 Å². The van der Waals surface area contributed by atoms with Crippen molar-refractivity contribution in [2.45, 2.75) is 46.5 Å². The van der Waals surface area contributed by atoms with Crippen LogP contribution >= 0.6 is 0 Å². The van der Waals surface area contributed by atoms with Crippen LogP contribution in [0.4, 0.5) is 0 Å². The van der Waals surface area contributed by atoms with Crippen molar-refractivity contribution in [3.05, 3.63) is 36.5 Å². The highest BCUT2D eigenvalue weighted by atomic mass is 16.5. The molecule has 1 N–H and O–H groups in total. The Kier molecular flexibility index (Phi) is 12.9. The zero-order valence-corrected chi connectivity index (χ0v) is 14.0. The van der Waals surface area contributed by atoms with Gasteiger partial charge in [-0.1, -0.05) is 38.2 Å². The van der Waals surface area contributed by atoms with Crippen LogP contribution < -0.4 is 5.32 Å². The van der Waals surface area contributed by atoms with Gasteiger partial charge in [-0.3, -0.25) is 4.79 Å². The SMILES string of the molecule is CCOC(=O)/C=C/CCCC/C=C/C=C/C(=O)NCC(C)C. The minimum Gasteiger partial charge on any atom is -0.463 e. The zero-order chi connectivity index (χ0) is 16.6. The molecule has 0 heterocycles. The monoisotopic (exact) mass is 307 g/mol. The van der Waals surface area contributed by atoms with Crippen LogP contribution in [0.3, 0.4) is 0 Å². The summed E-state index contributed by atoms with van der Waals surface area (Å²) in [5.41, 5.74) is 0. The Morgan fingerprint density at radius 1 is 1.05 bits per heavy atom. The third-order valence-corrected chi connectivity index (χ3v) is 2.71. The van der Waals surface area contributed by atoms with Gasteiger partial charge < -0.3 is 10.1 Å². The fraction of sp³-hybridized carbons (Fsp3) is 0.556. The van der Waals surface area contributed by atoms with Crippen molar-refractivity contribution in [2.24, 2.45) is 5.92 Å². The van der Waals surface area contributed by atoms with Crippen LogP contribution in [0.25, 0.3) is 0 Å². The first-order valence-electron chi connectivity index (χ1n) is 8.00. The van der Waals surface area contributed by atoms with Gasteiger partial charge in [0, 0.05) is 18.7 Å². The highest BCUT2D eigenvalue weighted by Gasteiger charge is 1.95. The molecule has 0 saturated carbocycles. The predicted molar refractivity (Wildman–Crippen MR) is 90.4 cm³/mol. The molecule has 4 heteroatoms. The molecule has 22 heavy (non-hydrogen) atoms. The summed E-state index contributed by atoms with van der Waals surface area (Å²) in [7, 11) is 0. The van der Waals surface area contributed by atoms with Gasteiger partial charge in [-0.15, -0.1) is 0 Å². The Hall–Kier alpha value is -1.84. The topological polar surface area (TPSA) is 55.4 Å². The van der Waals surface area contributed by atoms with Crippen molar-refractivity contribution in [1.82, 2.24) is 5.32 Å². The summed E-state index contributed by atoms with van der Waals surface area (Å²) in [4.78, 5) is 22.4. The van der Waals surface area contributed by atoms with Gasteiger partial charge in [0.2, 0.25) is 5.91 Å². The molecule has 124 valence electrons. The maximum Gasteiger partial charge on any atom is 0.330 e. The van der Waals surface area contributed by atoms with Crippen LogP contribution in [-0.4, -0.2) is 25.0 Å².